The minimum Gasteiger partial charge on any atom is -0.493 e. The van der Waals surface area contributed by atoms with Gasteiger partial charge in [0.05, 0.1) is 38.0 Å². The van der Waals surface area contributed by atoms with Gasteiger partial charge in [-0.1, -0.05) is 91.0 Å². The van der Waals surface area contributed by atoms with Gasteiger partial charge in [-0.2, -0.15) is 5.26 Å². The second-order valence-corrected chi connectivity index (χ2v) is 11.2. The summed E-state index contributed by atoms with van der Waals surface area (Å²) in [5.41, 5.74) is 3.78. The fourth-order valence-corrected chi connectivity index (χ4v) is 5.27. The number of benzene rings is 5. The molecule has 0 heterocycles. The van der Waals surface area contributed by atoms with Crippen molar-refractivity contribution in [3.8, 4) is 17.6 Å². The van der Waals surface area contributed by atoms with Crippen LogP contribution in [0.1, 0.15) is 39.9 Å². The third-order valence-electron chi connectivity index (χ3n) is 7.81. The van der Waals surface area contributed by atoms with Gasteiger partial charge in [0.1, 0.15) is 12.6 Å². The number of nitriles is 1. The van der Waals surface area contributed by atoms with Gasteiger partial charge in [0.25, 0.3) is 0 Å². The van der Waals surface area contributed by atoms with Crippen LogP contribution in [-0.4, -0.2) is 32.0 Å². The Morgan fingerprint density at radius 3 is 1.96 bits per heavy atom. The third kappa shape index (κ3) is 9.05. The number of amides is 2. The Bertz CT molecular complexity index is 1950. The second kappa shape index (κ2) is 17.0. The van der Waals surface area contributed by atoms with E-state index in [2.05, 4.69) is 22.0 Å². The van der Waals surface area contributed by atoms with Gasteiger partial charge >= 0.3 is 5.97 Å². The quantitative estimate of drug-likeness (QED) is 0.114. The van der Waals surface area contributed by atoms with E-state index in [0.29, 0.717) is 33.9 Å². The molecule has 3 N–H and O–H groups in total. The fraction of sp³-hybridized carbons (Fsp3) is 0.150. The van der Waals surface area contributed by atoms with Crippen LogP contribution in [0.5, 0.6) is 11.5 Å². The lowest BCUT2D eigenvalue weighted by molar-refractivity contribution is -0.145. The smallest absolute Gasteiger partial charge is 0.333 e. The van der Waals surface area contributed by atoms with Gasteiger partial charge < -0.3 is 30.2 Å². The van der Waals surface area contributed by atoms with Crippen LogP contribution in [0.15, 0.2) is 127 Å². The average molecular weight is 669 g/mol. The maximum Gasteiger partial charge on any atom is 0.333 e. The Morgan fingerprint density at radius 1 is 0.740 bits per heavy atom. The normalized spacial score (nSPS) is 11.6. The molecule has 10 nitrogen and oxygen atoms in total. The molecule has 0 fully saturated rings. The third-order valence-corrected chi connectivity index (χ3v) is 7.81. The number of methoxy groups -OCH3 is 2. The van der Waals surface area contributed by atoms with Crippen molar-refractivity contribution in [2.45, 2.75) is 25.1 Å². The van der Waals surface area contributed by atoms with Gasteiger partial charge in [-0.3, -0.25) is 9.59 Å². The molecule has 0 aliphatic carbocycles. The number of nitrogens with zero attached hydrogens (tertiary/aromatic N) is 1. The summed E-state index contributed by atoms with van der Waals surface area (Å²) < 4.78 is 17.0. The van der Waals surface area contributed by atoms with Crippen molar-refractivity contribution < 1.29 is 28.6 Å². The Kier molecular flexibility index (Phi) is 11.8. The first-order valence-corrected chi connectivity index (χ1v) is 15.8. The molecule has 2 atom stereocenters. The lowest BCUT2D eigenvalue weighted by atomic mass is 10.00. The minimum atomic E-state index is -1.19. The molecule has 0 radical (unpaired) electrons. The zero-order chi connectivity index (χ0) is 35.3. The molecule has 0 spiro atoms. The van der Waals surface area contributed by atoms with Crippen LogP contribution in [0, 0.1) is 11.3 Å². The minimum absolute atomic E-state index is 0.0743. The molecule has 0 saturated heterocycles. The van der Waals surface area contributed by atoms with E-state index in [0.717, 1.165) is 11.1 Å². The van der Waals surface area contributed by atoms with E-state index in [1.54, 1.807) is 66.7 Å². The van der Waals surface area contributed by atoms with Crippen LogP contribution < -0.4 is 25.4 Å². The predicted octanol–water partition coefficient (Wildman–Crippen LogP) is 6.51. The molecule has 2 amide bonds. The Balaban J connectivity index is 1.58. The maximum atomic E-state index is 14.4. The van der Waals surface area contributed by atoms with Gasteiger partial charge in [0.2, 0.25) is 11.8 Å². The van der Waals surface area contributed by atoms with Crippen molar-refractivity contribution in [2.24, 2.45) is 0 Å². The zero-order valence-corrected chi connectivity index (χ0v) is 27.6. The number of nitrogens with one attached hydrogen (secondary N) is 3. The number of carbonyl (C=O) groups excluding carboxylic acids is 3. The average Bonchev–Trinajstić information content (AvgIpc) is 3.16. The van der Waals surface area contributed by atoms with E-state index in [-0.39, 0.29) is 24.6 Å². The van der Waals surface area contributed by atoms with Crippen LogP contribution in [0.2, 0.25) is 0 Å². The molecule has 1 unspecified atom stereocenters. The molecule has 5 aromatic carbocycles. The highest BCUT2D eigenvalue weighted by Crippen LogP contribution is 2.38. The molecular formula is C40H36N4O6. The Morgan fingerprint density at radius 2 is 1.36 bits per heavy atom. The summed E-state index contributed by atoms with van der Waals surface area (Å²) in [6, 6.07) is 37.1. The monoisotopic (exact) mass is 668 g/mol. The van der Waals surface area contributed by atoms with E-state index in [1.165, 1.54) is 14.2 Å². The molecule has 0 aromatic heterocycles. The van der Waals surface area contributed by atoms with Gasteiger partial charge in [0, 0.05) is 17.3 Å². The van der Waals surface area contributed by atoms with Crippen molar-refractivity contribution in [2.75, 3.05) is 24.9 Å². The first-order chi connectivity index (χ1) is 24.4. The summed E-state index contributed by atoms with van der Waals surface area (Å²) in [4.78, 5) is 40.9. The lowest BCUT2D eigenvalue weighted by Gasteiger charge is -2.26. The van der Waals surface area contributed by atoms with Crippen LogP contribution >= 0.6 is 0 Å². The predicted molar refractivity (Wildman–Crippen MR) is 189 cm³/mol. The first-order valence-electron chi connectivity index (χ1n) is 15.8. The lowest BCUT2D eigenvalue weighted by Crippen LogP contribution is -2.40. The van der Waals surface area contributed by atoms with E-state index in [4.69, 9.17) is 14.2 Å². The standard InChI is InChI=1S/C40H36N4O6/c1-48-34-23-32(33(43-36(45)22-27-12-6-3-7-13-27)24-35(34)50-26-29-14-8-4-9-15-29)38(42-31-20-18-28(25-41)19-21-31)39(46)44-37(40(47)49-2)30-16-10-5-11-17-30/h3-21,23-24,37-38,42H,22,26H2,1-2H3,(H,43,45)(H,44,46)/t37?,38-/m0/s1. The highest BCUT2D eigenvalue weighted by Gasteiger charge is 2.31. The molecular weight excluding hydrogens is 632 g/mol. The fourth-order valence-electron chi connectivity index (χ4n) is 5.27. The van der Waals surface area contributed by atoms with Gasteiger partial charge in [-0.05, 0) is 47.0 Å². The SMILES string of the molecule is COC(=O)C(NC(=O)[C@@H](Nc1ccc(C#N)cc1)c1cc(OC)c(OCc2ccccc2)cc1NC(=O)Cc1ccccc1)c1ccccc1. The number of hydrogen-bond acceptors (Lipinski definition) is 8. The van der Waals surface area contributed by atoms with Crippen LogP contribution in [0.25, 0.3) is 0 Å². The van der Waals surface area contributed by atoms with E-state index >= 15 is 0 Å². The number of ether oxygens (including phenoxy) is 3. The number of hydrogen-bond donors (Lipinski definition) is 3. The van der Waals surface area contributed by atoms with Crippen LogP contribution in [0.3, 0.4) is 0 Å². The largest absolute Gasteiger partial charge is 0.493 e. The maximum absolute atomic E-state index is 14.4. The van der Waals surface area contributed by atoms with Crippen LogP contribution in [0.4, 0.5) is 11.4 Å². The molecule has 0 aliphatic rings. The molecule has 252 valence electrons. The van der Waals surface area contributed by atoms with Crippen LogP contribution in [-0.2, 0) is 32.1 Å². The van der Waals surface area contributed by atoms with Crippen molar-refractivity contribution in [3.63, 3.8) is 0 Å². The molecule has 0 aliphatic heterocycles. The van der Waals surface area contributed by atoms with Crippen molar-refractivity contribution in [3.05, 3.63) is 155 Å². The van der Waals surface area contributed by atoms with Crippen molar-refractivity contribution >= 4 is 29.2 Å². The Hall–Kier alpha value is -6.60. The summed E-state index contributed by atoms with van der Waals surface area (Å²) in [5, 5.41) is 18.4. The molecule has 10 heteroatoms. The molecule has 0 bridgehead atoms. The topological polar surface area (TPSA) is 139 Å². The molecule has 50 heavy (non-hydrogen) atoms. The summed E-state index contributed by atoms with van der Waals surface area (Å²) in [7, 11) is 2.73. The van der Waals surface area contributed by atoms with Gasteiger partial charge in [-0.15, -0.1) is 0 Å². The number of rotatable bonds is 14. The Labute approximate surface area is 290 Å². The first kappa shape index (κ1) is 34.7. The van der Waals surface area contributed by atoms with Crippen molar-refractivity contribution in [1.82, 2.24) is 5.32 Å². The summed E-state index contributed by atoms with van der Waals surface area (Å²) in [6.07, 6.45) is 0.0743. The van der Waals surface area contributed by atoms with E-state index < -0.39 is 24.0 Å². The number of carbonyl (C=O) groups is 3. The second-order valence-electron chi connectivity index (χ2n) is 11.2. The highest BCUT2D eigenvalue weighted by atomic mass is 16.5. The number of esters is 1. The van der Waals surface area contributed by atoms with E-state index in [9.17, 15) is 19.6 Å². The van der Waals surface area contributed by atoms with Gasteiger partial charge in [0.15, 0.2) is 17.5 Å². The number of anilines is 2. The summed E-state index contributed by atoms with van der Waals surface area (Å²) in [5.74, 6) is -0.952. The molecule has 5 rings (SSSR count). The van der Waals surface area contributed by atoms with Gasteiger partial charge in [-0.25, -0.2) is 4.79 Å². The highest BCUT2D eigenvalue weighted by molar-refractivity contribution is 5.97. The molecule has 5 aromatic rings. The molecule has 0 saturated carbocycles. The zero-order valence-electron chi connectivity index (χ0n) is 27.6. The summed E-state index contributed by atoms with van der Waals surface area (Å²) >= 11 is 0. The van der Waals surface area contributed by atoms with E-state index in [1.807, 2.05) is 60.7 Å². The van der Waals surface area contributed by atoms with Crippen molar-refractivity contribution in [1.29, 1.82) is 5.26 Å². The summed E-state index contributed by atoms with van der Waals surface area (Å²) in [6.45, 7) is 0.221.